The molecule has 0 aromatic rings. The highest BCUT2D eigenvalue weighted by Crippen LogP contribution is 2.31. The van der Waals surface area contributed by atoms with E-state index in [1.54, 1.807) is 6.92 Å². The smallest absolute Gasteiger partial charge is 0.118 e. The van der Waals surface area contributed by atoms with E-state index in [4.69, 9.17) is 9.47 Å². The Morgan fingerprint density at radius 1 is 1.13 bits per heavy atom. The Morgan fingerprint density at radius 3 is 2.13 bits per heavy atom. The van der Waals surface area contributed by atoms with Crippen LogP contribution in [-0.4, -0.2) is 46.8 Å². The summed E-state index contributed by atoms with van der Waals surface area (Å²) in [5, 5.41) is 18.5. The molecule has 4 heteroatoms. The van der Waals surface area contributed by atoms with Crippen LogP contribution in [0, 0.1) is 0 Å². The molecule has 2 aliphatic heterocycles. The van der Waals surface area contributed by atoms with E-state index in [9.17, 15) is 10.2 Å². The molecule has 84 valence electrons. The topological polar surface area (TPSA) is 65.5 Å². The third kappa shape index (κ3) is 2.46. The molecule has 2 aliphatic rings. The first kappa shape index (κ1) is 10.8. The summed E-state index contributed by atoms with van der Waals surface area (Å²) < 4.78 is 10.4. The lowest BCUT2D eigenvalue weighted by Crippen LogP contribution is -2.12. The van der Waals surface area contributed by atoms with Crippen LogP contribution in [0.15, 0.2) is 24.8 Å². The number of hydrogen-bond donors (Lipinski definition) is 2. The Morgan fingerprint density at radius 2 is 1.67 bits per heavy atom. The van der Waals surface area contributed by atoms with Crippen molar-refractivity contribution >= 4 is 0 Å². The highest BCUT2D eigenvalue weighted by Gasteiger charge is 2.44. The fraction of sp³-hybridized carbons (Fsp3) is 0.636. The van der Waals surface area contributed by atoms with Crippen LogP contribution in [0.2, 0.25) is 0 Å². The standard InChI is InChI=1S/C11H16O4/c1-3-7(13)11-9(15-11)5-4-8-10(14-8)6(2)12/h3-13H,1H2,2H3/b5-4+/t6-,7-,8?,9+,10+,11+/m1/s1. The van der Waals surface area contributed by atoms with Crippen LogP contribution in [0.4, 0.5) is 0 Å². The summed E-state index contributed by atoms with van der Waals surface area (Å²) in [6.45, 7) is 5.19. The molecule has 2 heterocycles. The SMILES string of the molecule is C=C[C@@H](O)[C@@H]1O[C@H]1/C=C/C1O[C@H]1[C@@H](C)O. The molecule has 0 spiro atoms. The van der Waals surface area contributed by atoms with E-state index >= 15 is 0 Å². The second-order valence-corrected chi connectivity index (χ2v) is 3.98. The molecule has 15 heavy (non-hydrogen) atoms. The molecule has 0 saturated carbocycles. The number of aliphatic hydroxyl groups is 2. The number of ether oxygens (including phenoxy) is 2. The van der Waals surface area contributed by atoms with Gasteiger partial charge in [-0.25, -0.2) is 0 Å². The quantitative estimate of drug-likeness (QED) is 0.497. The van der Waals surface area contributed by atoms with Gasteiger partial charge >= 0.3 is 0 Å². The Bertz CT molecular complexity index is 274. The predicted octanol–water partition coefficient (Wildman–Crippen LogP) is 0.00510. The lowest BCUT2D eigenvalue weighted by Gasteiger charge is -1.96. The highest BCUT2D eigenvalue weighted by atomic mass is 16.6. The molecule has 2 rings (SSSR count). The minimum Gasteiger partial charge on any atom is -0.391 e. The third-order valence-corrected chi connectivity index (χ3v) is 2.67. The zero-order valence-corrected chi connectivity index (χ0v) is 8.61. The van der Waals surface area contributed by atoms with Crippen LogP contribution >= 0.6 is 0 Å². The van der Waals surface area contributed by atoms with Crippen molar-refractivity contribution < 1.29 is 19.7 Å². The van der Waals surface area contributed by atoms with E-state index in [1.165, 1.54) is 6.08 Å². The van der Waals surface area contributed by atoms with Gasteiger partial charge in [0.2, 0.25) is 0 Å². The molecule has 4 nitrogen and oxygen atoms in total. The van der Waals surface area contributed by atoms with Gasteiger partial charge in [-0.2, -0.15) is 0 Å². The normalized spacial score (nSPS) is 42.6. The van der Waals surface area contributed by atoms with E-state index in [0.717, 1.165) is 0 Å². The fourth-order valence-corrected chi connectivity index (χ4v) is 1.60. The summed E-state index contributed by atoms with van der Waals surface area (Å²) in [5.41, 5.74) is 0. The first-order valence-corrected chi connectivity index (χ1v) is 5.11. The summed E-state index contributed by atoms with van der Waals surface area (Å²) in [4.78, 5) is 0. The zero-order valence-electron chi connectivity index (χ0n) is 8.61. The fourth-order valence-electron chi connectivity index (χ4n) is 1.60. The maximum Gasteiger partial charge on any atom is 0.118 e. The van der Waals surface area contributed by atoms with Gasteiger partial charge in [0.05, 0.1) is 6.10 Å². The minimum absolute atomic E-state index is 0.00396. The van der Waals surface area contributed by atoms with Crippen LogP contribution in [0.25, 0.3) is 0 Å². The lowest BCUT2D eigenvalue weighted by molar-refractivity contribution is 0.152. The van der Waals surface area contributed by atoms with Crippen LogP contribution in [0.1, 0.15) is 6.92 Å². The maximum absolute atomic E-state index is 9.34. The van der Waals surface area contributed by atoms with Crippen molar-refractivity contribution in [1.82, 2.24) is 0 Å². The van der Waals surface area contributed by atoms with Crippen molar-refractivity contribution in [2.45, 2.75) is 43.5 Å². The van der Waals surface area contributed by atoms with Gasteiger partial charge in [0.25, 0.3) is 0 Å². The van der Waals surface area contributed by atoms with Gasteiger partial charge in [0.1, 0.15) is 30.5 Å². The number of epoxide rings is 2. The third-order valence-electron chi connectivity index (χ3n) is 2.67. The molecule has 0 radical (unpaired) electrons. The van der Waals surface area contributed by atoms with Crippen molar-refractivity contribution in [3.63, 3.8) is 0 Å². The van der Waals surface area contributed by atoms with Crippen LogP contribution in [-0.2, 0) is 9.47 Å². The molecule has 1 unspecified atom stereocenters. The zero-order chi connectivity index (χ0) is 11.0. The minimum atomic E-state index is -0.604. The molecular formula is C11H16O4. The summed E-state index contributed by atoms with van der Waals surface area (Å²) in [5.74, 6) is 0. The Balaban J connectivity index is 1.72. The summed E-state index contributed by atoms with van der Waals surface area (Å²) >= 11 is 0. The average molecular weight is 212 g/mol. The molecule has 0 aliphatic carbocycles. The lowest BCUT2D eigenvalue weighted by atomic mass is 10.1. The van der Waals surface area contributed by atoms with Crippen LogP contribution in [0.5, 0.6) is 0 Å². The largest absolute Gasteiger partial charge is 0.391 e. The maximum atomic E-state index is 9.34. The molecule has 2 fully saturated rings. The van der Waals surface area contributed by atoms with Crippen molar-refractivity contribution in [1.29, 1.82) is 0 Å². The number of aliphatic hydroxyl groups excluding tert-OH is 2. The van der Waals surface area contributed by atoms with Crippen molar-refractivity contribution in [2.75, 3.05) is 0 Å². The second-order valence-electron chi connectivity index (χ2n) is 3.98. The second kappa shape index (κ2) is 4.06. The molecule has 0 amide bonds. The molecular weight excluding hydrogens is 196 g/mol. The molecule has 0 aromatic carbocycles. The van der Waals surface area contributed by atoms with Crippen LogP contribution < -0.4 is 0 Å². The molecule has 0 aromatic heterocycles. The average Bonchev–Trinajstić information content (AvgIpc) is 3.06. The molecule has 0 bridgehead atoms. The summed E-state index contributed by atoms with van der Waals surface area (Å²) in [6.07, 6.45) is 3.87. The first-order chi connectivity index (χ1) is 7.13. The summed E-state index contributed by atoms with van der Waals surface area (Å²) in [7, 11) is 0. The van der Waals surface area contributed by atoms with Crippen molar-refractivity contribution in [2.24, 2.45) is 0 Å². The van der Waals surface area contributed by atoms with Gasteiger partial charge < -0.3 is 19.7 Å². The highest BCUT2D eigenvalue weighted by molar-refractivity contribution is 5.13. The summed E-state index contributed by atoms with van der Waals surface area (Å²) in [6, 6.07) is 0. The number of hydrogen-bond acceptors (Lipinski definition) is 4. The van der Waals surface area contributed by atoms with E-state index in [2.05, 4.69) is 6.58 Å². The number of rotatable bonds is 5. The van der Waals surface area contributed by atoms with Gasteiger partial charge in [-0.05, 0) is 6.92 Å². The first-order valence-electron chi connectivity index (χ1n) is 5.11. The molecule has 2 saturated heterocycles. The van der Waals surface area contributed by atoms with E-state index in [-0.39, 0.29) is 24.4 Å². The van der Waals surface area contributed by atoms with E-state index in [0.29, 0.717) is 0 Å². The molecule has 6 atom stereocenters. The van der Waals surface area contributed by atoms with E-state index < -0.39 is 12.2 Å². The van der Waals surface area contributed by atoms with Gasteiger partial charge in [0, 0.05) is 0 Å². The predicted molar refractivity (Wildman–Crippen MR) is 54.3 cm³/mol. The van der Waals surface area contributed by atoms with Gasteiger partial charge in [-0.1, -0.05) is 18.2 Å². The molecule has 2 N–H and O–H groups in total. The van der Waals surface area contributed by atoms with Crippen molar-refractivity contribution in [3.8, 4) is 0 Å². The Hall–Kier alpha value is -0.680. The van der Waals surface area contributed by atoms with Crippen LogP contribution in [0.3, 0.4) is 0 Å². The van der Waals surface area contributed by atoms with Gasteiger partial charge in [-0.3, -0.25) is 0 Å². The Kier molecular flexibility index (Phi) is 2.93. The van der Waals surface area contributed by atoms with Gasteiger partial charge in [0.15, 0.2) is 0 Å². The van der Waals surface area contributed by atoms with E-state index in [1.807, 2.05) is 12.2 Å². The Labute approximate surface area is 88.8 Å². The van der Waals surface area contributed by atoms with Gasteiger partial charge in [-0.15, -0.1) is 6.58 Å². The van der Waals surface area contributed by atoms with Crippen molar-refractivity contribution in [3.05, 3.63) is 24.8 Å². The monoisotopic (exact) mass is 212 g/mol.